The Bertz CT molecular complexity index is 7270. The Kier molecular flexibility index (Phi) is 15.6. The largest absolute Gasteiger partial charge is 0.309 e. The van der Waals surface area contributed by atoms with Gasteiger partial charge < -0.3 is 13.7 Å². The maximum Gasteiger partial charge on any atom is 0.138 e. The molecule has 6 aromatic heterocycles. The highest BCUT2D eigenvalue weighted by Gasteiger charge is 2.37. The lowest BCUT2D eigenvalue weighted by Gasteiger charge is -2.21. The number of para-hydroxylation sites is 4. The molecule has 0 bridgehead atoms. The molecule has 0 atom stereocenters. The molecule has 0 N–H and O–H groups in total. The maximum absolute atomic E-state index is 5.34. The fourth-order valence-corrected chi connectivity index (χ4v) is 19.7. The van der Waals surface area contributed by atoms with E-state index in [1.807, 2.05) is 0 Å². The second-order valence-corrected chi connectivity index (χ2v) is 32.8. The summed E-state index contributed by atoms with van der Waals surface area (Å²) in [5, 5.41) is 9.86. The van der Waals surface area contributed by atoms with Crippen LogP contribution in [-0.4, -0.2) is 28.2 Å². The van der Waals surface area contributed by atoms with Crippen molar-refractivity contribution < 1.29 is 0 Å². The number of aromatic nitrogens is 6. The fourth-order valence-electron chi connectivity index (χ4n) is 19.7. The molecule has 16 aromatic carbocycles. The summed E-state index contributed by atoms with van der Waals surface area (Å²) in [4.78, 5) is 10.5. The molecular formula is C112H78N6. The highest BCUT2D eigenvalue weighted by Crippen LogP contribution is 2.52. The molecule has 0 amide bonds. The molecule has 24 rings (SSSR count). The second-order valence-electron chi connectivity index (χ2n) is 32.8. The summed E-state index contributed by atoms with van der Waals surface area (Å²) in [6.45, 7) is 9.38. The van der Waals surface area contributed by atoms with E-state index >= 15 is 0 Å². The van der Waals surface area contributed by atoms with Crippen molar-refractivity contribution in [2.24, 2.45) is 0 Å². The van der Waals surface area contributed by atoms with Crippen LogP contribution in [0.2, 0.25) is 0 Å². The standard InChI is InChI=1S/2C56H39N3/c1-56(2)48-22-12-9-19-42(48)45-35-41(27-28-49(45)56)58-51-23-13-10-20-43(51)46-31-38(25-29-53(46)58)39-26-30-54-47(32-39)44-21-11-14-24-52(44)59(54)55-34-40(36-15-5-3-6-16-36)33-50(57-55)37-17-7-4-8-18-37;1-56(2)48-22-12-9-19-42(48)45-33-40(27-28-49(45)56)58-52-23-13-10-20-43(52)46-31-38(25-29-54(46)58)39-26-30-55-47(32-39)44-21-11-14-24-53(44)59(55)41-34-50(36-15-5-3-6-16-36)57-51(35-41)37-17-7-4-8-18-37/h2*3-35H,1-2H3. The Hall–Kier alpha value is -15.0. The van der Waals surface area contributed by atoms with E-state index in [2.05, 4.69) is 446 Å². The van der Waals surface area contributed by atoms with Crippen LogP contribution in [0.1, 0.15) is 49.9 Å². The number of fused-ring (bicyclic) bond motifs is 18. The van der Waals surface area contributed by atoms with E-state index in [9.17, 15) is 0 Å². The van der Waals surface area contributed by atoms with E-state index in [1.54, 1.807) is 0 Å². The van der Waals surface area contributed by atoms with Gasteiger partial charge in [0.2, 0.25) is 0 Å². The van der Waals surface area contributed by atoms with Crippen LogP contribution < -0.4 is 0 Å². The lowest BCUT2D eigenvalue weighted by molar-refractivity contribution is 0.660. The van der Waals surface area contributed by atoms with E-state index in [1.165, 1.54) is 160 Å². The summed E-state index contributed by atoms with van der Waals surface area (Å²) in [7, 11) is 0. The third-order valence-electron chi connectivity index (χ3n) is 25.4. The van der Waals surface area contributed by atoms with Crippen LogP contribution in [0.15, 0.2) is 400 Å². The number of hydrogen-bond donors (Lipinski definition) is 0. The Labute approximate surface area is 684 Å². The molecule has 6 heteroatoms. The summed E-state index contributed by atoms with van der Waals surface area (Å²) < 4.78 is 9.63. The number of benzene rings is 16. The van der Waals surface area contributed by atoms with Gasteiger partial charge in [-0.25, -0.2) is 9.97 Å². The molecule has 0 spiro atoms. The highest BCUT2D eigenvalue weighted by molar-refractivity contribution is 6.15. The lowest BCUT2D eigenvalue weighted by Crippen LogP contribution is -2.14. The molecule has 6 nitrogen and oxygen atoms in total. The maximum atomic E-state index is 5.34. The molecule has 0 saturated heterocycles. The molecule has 2 aliphatic rings. The first-order chi connectivity index (χ1) is 58.0. The molecule has 0 fully saturated rings. The minimum Gasteiger partial charge on any atom is -0.309 e. The van der Waals surface area contributed by atoms with Gasteiger partial charge in [0.25, 0.3) is 0 Å². The second kappa shape index (κ2) is 26.8. The summed E-state index contributed by atoms with van der Waals surface area (Å²) in [5.41, 5.74) is 37.0. The summed E-state index contributed by atoms with van der Waals surface area (Å²) in [5.74, 6) is 0.900. The zero-order chi connectivity index (χ0) is 78.5. The van der Waals surface area contributed by atoms with Crippen molar-refractivity contribution in [3.05, 3.63) is 423 Å². The molecule has 0 radical (unpaired) electrons. The smallest absolute Gasteiger partial charge is 0.138 e. The summed E-state index contributed by atoms with van der Waals surface area (Å²) in [6, 6.07) is 146. The lowest BCUT2D eigenvalue weighted by atomic mass is 9.82. The van der Waals surface area contributed by atoms with Gasteiger partial charge in [0.15, 0.2) is 0 Å². The van der Waals surface area contributed by atoms with Gasteiger partial charge in [0.1, 0.15) is 5.82 Å². The van der Waals surface area contributed by atoms with Crippen molar-refractivity contribution in [3.8, 4) is 112 Å². The predicted molar refractivity (Wildman–Crippen MR) is 494 cm³/mol. The van der Waals surface area contributed by atoms with Gasteiger partial charge in [0, 0.05) is 82.0 Å². The molecule has 0 unspecified atom stereocenters. The minimum absolute atomic E-state index is 0.0257. The molecular weight excluding hydrogens is 1430 g/mol. The number of nitrogens with zero attached hydrogens (tertiary/aromatic N) is 6. The molecule has 556 valence electrons. The SMILES string of the molecule is CC1(C)c2ccccc2-c2cc(-n3c4ccccc4c4cc(-c5ccc6c(c5)c5ccccc5n6-c5cc(-c6ccccc6)cc(-c6ccccc6)n5)ccc43)ccc21.CC1(C)c2ccccc2-c2cc(-n3c4ccccc4c4cc(-c5ccc6c(c5)c5ccccc5n6-c5cc(-c6ccccc6)nc(-c6ccccc6)c5)ccc43)ccc21. The monoisotopic (exact) mass is 1510 g/mol. The molecule has 0 saturated carbocycles. The predicted octanol–water partition coefficient (Wildman–Crippen LogP) is 29.2. The van der Waals surface area contributed by atoms with Crippen LogP contribution in [0.3, 0.4) is 0 Å². The van der Waals surface area contributed by atoms with Crippen molar-refractivity contribution in [3.63, 3.8) is 0 Å². The van der Waals surface area contributed by atoms with Crippen molar-refractivity contribution >= 4 is 87.2 Å². The molecule has 6 heterocycles. The first-order valence-electron chi connectivity index (χ1n) is 40.9. The Morgan fingerprint density at radius 1 is 0.178 bits per heavy atom. The van der Waals surface area contributed by atoms with Crippen LogP contribution in [0.25, 0.3) is 200 Å². The average Bonchev–Trinajstić information content (AvgIpc) is 1.57. The van der Waals surface area contributed by atoms with Gasteiger partial charge in [-0.15, -0.1) is 0 Å². The van der Waals surface area contributed by atoms with E-state index in [0.717, 1.165) is 61.9 Å². The van der Waals surface area contributed by atoms with Crippen molar-refractivity contribution in [1.82, 2.24) is 28.2 Å². The summed E-state index contributed by atoms with van der Waals surface area (Å²) in [6.07, 6.45) is 0. The molecule has 0 aliphatic heterocycles. The van der Waals surface area contributed by atoms with Gasteiger partial charge in [-0.05, 0) is 199 Å². The Morgan fingerprint density at radius 3 is 0.864 bits per heavy atom. The molecule has 22 aromatic rings. The Morgan fingerprint density at radius 2 is 0.475 bits per heavy atom. The van der Waals surface area contributed by atoms with E-state index in [4.69, 9.17) is 9.97 Å². The third-order valence-corrected chi connectivity index (χ3v) is 25.4. The van der Waals surface area contributed by atoms with Crippen LogP contribution >= 0.6 is 0 Å². The zero-order valence-electron chi connectivity index (χ0n) is 65.8. The van der Waals surface area contributed by atoms with Crippen LogP contribution in [-0.2, 0) is 10.8 Å². The third kappa shape index (κ3) is 10.9. The van der Waals surface area contributed by atoms with E-state index in [0.29, 0.717) is 0 Å². The normalized spacial score (nSPS) is 13.1. The van der Waals surface area contributed by atoms with Crippen molar-refractivity contribution in [1.29, 1.82) is 0 Å². The van der Waals surface area contributed by atoms with E-state index < -0.39 is 0 Å². The quantitative estimate of drug-likeness (QED) is 0.137. The van der Waals surface area contributed by atoms with E-state index in [-0.39, 0.29) is 10.8 Å². The van der Waals surface area contributed by atoms with Gasteiger partial charge in [-0.2, -0.15) is 0 Å². The first-order valence-corrected chi connectivity index (χ1v) is 40.9. The number of rotatable bonds is 10. The first kappa shape index (κ1) is 68.6. The van der Waals surface area contributed by atoms with Gasteiger partial charge in [-0.3, -0.25) is 4.57 Å². The fraction of sp³-hybridized carbons (Fsp3) is 0.0536. The van der Waals surface area contributed by atoms with Gasteiger partial charge in [-0.1, -0.05) is 307 Å². The van der Waals surface area contributed by atoms with Gasteiger partial charge in [0.05, 0.1) is 66.9 Å². The van der Waals surface area contributed by atoms with Crippen molar-refractivity contribution in [2.75, 3.05) is 0 Å². The van der Waals surface area contributed by atoms with Crippen LogP contribution in [0, 0.1) is 0 Å². The topological polar surface area (TPSA) is 45.5 Å². The zero-order valence-corrected chi connectivity index (χ0v) is 65.8. The van der Waals surface area contributed by atoms with Crippen LogP contribution in [0.5, 0.6) is 0 Å². The minimum atomic E-state index is -0.0264. The molecule has 2 aliphatic carbocycles. The number of hydrogen-bond acceptors (Lipinski definition) is 2. The van der Waals surface area contributed by atoms with Crippen LogP contribution in [0.4, 0.5) is 0 Å². The average molecular weight is 1510 g/mol. The molecule has 118 heavy (non-hydrogen) atoms. The highest BCUT2D eigenvalue weighted by atomic mass is 15.1. The summed E-state index contributed by atoms with van der Waals surface area (Å²) >= 11 is 0. The Balaban J connectivity index is 0.000000138. The van der Waals surface area contributed by atoms with Crippen molar-refractivity contribution in [2.45, 2.75) is 38.5 Å². The number of pyridine rings is 2. The van der Waals surface area contributed by atoms with Gasteiger partial charge >= 0.3 is 0 Å².